The summed E-state index contributed by atoms with van der Waals surface area (Å²) in [6, 6.07) is 5.51. The lowest BCUT2D eigenvalue weighted by molar-refractivity contribution is -0.274. The fourth-order valence-corrected chi connectivity index (χ4v) is 2.41. The highest BCUT2D eigenvalue weighted by atomic mass is 19.4. The molecule has 0 bridgehead atoms. The highest BCUT2D eigenvalue weighted by Crippen LogP contribution is 2.37. The molecule has 2 rings (SSSR count). The third kappa shape index (κ3) is 7.03. The van der Waals surface area contributed by atoms with Crippen LogP contribution in [0.5, 0.6) is 5.75 Å². The van der Waals surface area contributed by atoms with Crippen LogP contribution in [-0.4, -0.2) is 31.3 Å². The first-order valence-electron chi connectivity index (χ1n) is 8.13. The third-order valence-corrected chi connectivity index (χ3v) is 3.99. The Labute approximate surface area is 143 Å². The summed E-state index contributed by atoms with van der Waals surface area (Å²) in [7, 11) is 0. The zero-order valence-corrected chi connectivity index (χ0v) is 13.9. The molecule has 2 amide bonds. The molecule has 1 aromatic carbocycles. The standard InChI is InChI=1S/C17H21F3N2O3/c1-11-10-14(11)16(24)22-9-7-15(23)21-8-6-12-2-4-13(5-3-12)25-17(18,19)20/h2-5,11,14H,6-10H2,1H3,(H,21,23)(H,22,24)/t11-,14+/m0/s1. The van der Waals surface area contributed by atoms with Crippen LogP contribution in [0.15, 0.2) is 24.3 Å². The van der Waals surface area contributed by atoms with Crippen molar-refractivity contribution >= 4 is 11.8 Å². The monoisotopic (exact) mass is 358 g/mol. The molecular weight excluding hydrogens is 337 g/mol. The van der Waals surface area contributed by atoms with E-state index in [1.165, 1.54) is 24.3 Å². The molecule has 2 atom stereocenters. The van der Waals surface area contributed by atoms with E-state index in [1.807, 2.05) is 6.92 Å². The van der Waals surface area contributed by atoms with Crippen LogP contribution in [0, 0.1) is 11.8 Å². The minimum absolute atomic E-state index is 0.00136. The average Bonchev–Trinajstić information content (AvgIpc) is 3.24. The molecule has 138 valence electrons. The Morgan fingerprint density at radius 1 is 1.16 bits per heavy atom. The van der Waals surface area contributed by atoms with Crippen molar-refractivity contribution in [2.75, 3.05) is 13.1 Å². The number of hydrogen-bond acceptors (Lipinski definition) is 3. The van der Waals surface area contributed by atoms with Gasteiger partial charge in [-0.25, -0.2) is 0 Å². The summed E-state index contributed by atoms with van der Waals surface area (Å²) < 4.78 is 40.0. The minimum atomic E-state index is -4.71. The van der Waals surface area contributed by atoms with Gasteiger partial charge in [-0.1, -0.05) is 19.1 Å². The fourth-order valence-electron chi connectivity index (χ4n) is 2.41. The second-order valence-electron chi connectivity index (χ2n) is 6.15. The van der Waals surface area contributed by atoms with Gasteiger partial charge in [0.2, 0.25) is 11.8 Å². The molecule has 0 spiro atoms. The van der Waals surface area contributed by atoms with Crippen LogP contribution in [0.1, 0.15) is 25.3 Å². The Morgan fingerprint density at radius 2 is 1.80 bits per heavy atom. The molecular formula is C17H21F3N2O3. The van der Waals surface area contributed by atoms with E-state index >= 15 is 0 Å². The predicted octanol–water partition coefficient (Wildman–Crippen LogP) is 2.41. The number of hydrogen-bond donors (Lipinski definition) is 2. The maximum absolute atomic E-state index is 12.1. The number of alkyl halides is 3. The van der Waals surface area contributed by atoms with Crippen molar-refractivity contribution in [2.45, 2.75) is 32.5 Å². The van der Waals surface area contributed by atoms with Gasteiger partial charge in [0.25, 0.3) is 0 Å². The highest BCUT2D eigenvalue weighted by Gasteiger charge is 2.38. The summed E-state index contributed by atoms with van der Waals surface area (Å²) >= 11 is 0. The van der Waals surface area contributed by atoms with Crippen LogP contribution in [0.3, 0.4) is 0 Å². The van der Waals surface area contributed by atoms with Crippen molar-refractivity contribution in [1.82, 2.24) is 10.6 Å². The average molecular weight is 358 g/mol. The fraction of sp³-hybridized carbons (Fsp3) is 0.529. The van der Waals surface area contributed by atoms with E-state index in [0.717, 1.165) is 12.0 Å². The summed E-state index contributed by atoms with van der Waals surface area (Å²) in [5, 5.41) is 5.44. The molecule has 0 heterocycles. The lowest BCUT2D eigenvalue weighted by Crippen LogP contribution is -2.32. The molecule has 1 aliphatic carbocycles. The summed E-state index contributed by atoms with van der Waals surface area (Å²) in [4.78, 5) is 23.3. The van der Waals surface area contributed by atoms with Crippen LogP contribution in [0.4, 0.5) is 13.2 Å². The molecule has 8 heteroatoms. The molecule has 25 heavy (non-hydrogen) atoms. The Balaban J connectivity index is 1.59. The molecule has 2 N–H and O–H groups in total. The molecule has 0 aromatic heterocycles. The first-order chi connectivity index (χ1) is 11.7. The molecule has 1 aromatic rings. The molecule has 1 saturated carbocycles. The summed E-state index contributed by atoms with van der Waals surface area (Å²) in [6.07, 6.45) is -3.11. The topological polar surface area (TPSA) is 67.4 Å². The highest BCUT2D eigenvalue weighted by molar-refractivity contribution is 5.82. The van der Waals surface area contributed by atoms with Crippen molar-refractivity contribution in [3.05, 3.63) is 29.8 Å². The van der Waals surface area contributed by atoms with Crippen LogP contribution in [-0.2, 0) is 16.0 Å². The number of nitrogens with one attached hydrogen (secondary N) is 2. The maximum atomic E-state index is 12.1. The van der Waals surface area contributed by atoms with Crippen molar-refractivity contribution in [2.24, 2.45) is 11.8 Å². The lowest BCUT2D eigenvalue weighted by Gasteiger charge is -2.10. The number of amides is 2. The van der Waals surface area contributed by atoms with Crippen molar-refractivity contribution in [1.29, 1.82) is 0 Å². The zero-order chi connectivity index (χ0) is 18.4. The molecule has 0 unspecified atom stereocenters. The molecule has 5 nitrogen and oxygen atoms in total. The van der Waals surface area contributed by atoms with Crippen LogP contribution in [0.2, 0.25) is 0 Å². The summed E-state index contributed by atoms with van der Waals surface area (Å²) in [5.41, 5.74) is 0.783. The Hall–Kier alpha value is -2.25. The largest absolute Gasteiger partial charge is 0.573 e. The number of benzene rings is 1. The van der Waals surface area contributed by atoms with E-state index in [2.05, 4.69) is 15.4 Å². The van der Waals surface area contributed by atoms with Gasteiger partial charge in [-0.15, -0.1) is 13.2 Å². The van der Waals surface area contributed by atoms with Gasteiger partial charge in [0.1, 0.15) is 5.75 Å². The number of ether oxygens (including phenoxy) is 1. The Morgan fingerprint density at radius 3 is 2.36 bits per heavy atom. The van der Waals surface area contributed by atoms with E-state index < -0.39 is 6.36 Å². The van der Waals surface area contributed by atoms with Crippen LogP contribution in [0.25, 0.3) is 0 Å². The van der Waals surface area contributed by atoms with Gasteiger partial charge in [0.05, 0.1) is 0 Å². The normalized spacial score (nSPS) is 19.2. The molecule has 0 saturated heterocycles. The van der Waals surface area contributed by atoms with Crippen molar-refractivity contribution in [3.8, 4) is 5.75 Å². The number of rotatable bonds is 8. The maximum Gasteiger partial charge on any atom is 0.573 e. The lowest BCUT2D eigenvalue weighted by atomic mass is 10.1. The SMILES string of the molecule is C[C@H]1C[C@H]1C(=O)NCCC(=O)NCCc1ccc(OC(F)(F)F)cc1. The number of carbonyl (C=O) groups is 2. The summed E-state index contributed by atoms with van der Waals surface area (Å²) in [5.74, 6) is 0.0674. The third-order valence-electron chi connectivity index (χ3n) is 3.99. The molecule has 0 aliphatic heterocycles. The van der Waals surface area contributed by atoms with Crippen molar-refractivity contribution in [3.63, 3.8) is 0 Å². The van der Waals surface area contributed by atoms with Gasteiger partial charge in [-0.05, 0) is 36.5 Å². The zero-order valence-electron chi connectivity index (χ0n) is 13.9. The van der Waals surface area contributed by atoms with Gasteiger partial charge in [0, 0.05) is 25.4 Å². The Kier molecular flexibility index (Phi) is 6.27. The molecule has 0 radical (unpaired) electrons. The minimum Gasteiger partial charge on any atom is -0.406 e. The van der Waals surface area contributed by atoms with E-state index in [1.54, 1.807) is 0 Å². The molecule has 1 fully saturated rings. The second kappa shape index (κ2) is 8.22. The van der Waals surface area contributed by atoms with Gasteiger partial charge >= 0.3 is 6.36 Å². The smallest absolute Gasteiger partial charge is 0.406 e. The Bertz CT molecular complexity index is 602. The van der Waals surface area contributed by atoms with Crippen LogP contribution < -0.4 is 15.4 Å². The number of halogens is 3. The van der Waals surface area contributed by atoms with E-state index in [9.17, 15) is 22.8 Å². The molecule has 1 aliphatic rings. The van der Waals surface area contributed by atoms with Crippen LogP contribution >= 0.6 is 0 Å². The number of carbonyl (C=O) groups excluding carboxylic acids is 2. The second-order valence-corrected chi connectivity index (χ2v) is 6.15. The predicted molar refractivity (Wildman–Crippen MR) is 84.7 cm³/mol. The van der Waals surface area contributed by atoms with Gasteiger partial charge < -0.3 is 15.4 Å². The first-order valence-corrected chi connectivity index (χ1v) is 8.13. The van der Waals surface area contributed by atoms with Gasteiger partial charge in [-0.2, -0.15) is 0 Å². The van der Waals surface area contributed by atoms with Gasteiger partial charge in [0.15, 0.2) is 0 Å². The quantitative estimate of drug-likeness (QED) is 0.750. The first kappa shape index (κ1) is 19.1. The summed E-state index contributed by atoms with van der Waals surface area (Å²) in [6.45, 7) is 2.68. The van der Waals surface area contributed by atoms with E-state index in [-0.39, 0.29) is 29.9 Å². The van der Waals surface area contributed by atoms with E-state index in [4.69, 9.17) is 0 Å². The van der Waals surface area contributed by atoms with E-state index in [0.29, 0.717) is 25.4 Å². The van der Waals surface area contributed by atoms with Gasteiger partial charge in [-0.3, -0.25) is 9.59 Å². The van der Waals surface area contributed by atoms with Crippen molar-refractivity contribution < 1.29 is 27.5 Å².